The SMILES string of the molecule is COC(=O)c1c(C(=O)OC)c2cnc3ccccc3n2c1Cl. The van der Waals surface area contributed by atoms with Gasteiger partial charge in [0.05, 0.1) is 37.0 Å². The summed E-state index contributed by atoms with van der Waals surface area (Å²) in [6, 6.07) is 7.25. The third kappa shape index (κ3) is 1.92. The normalized spacial score (nSPS) is 10.9. The van der Waals surface area contributed by atoms with Crippen molar-refractivity contribution < 1.29 is 19.1 Å². The zero-order chi connectivity index (χ0) is 15.9. The molecule has 0 aliphatic rings. The third-order valence-corrected chi connectivity index (χ3v) is 3.74. The van der Waals surface area contributed by atoms with Crippen LogP contribution < -0.4 is 0 Å². The fraction of sp³-hybridized carbons (Fsp3) is 0.133. The molecular formula is C15H11ClN2O4. The van der Waals surface area contributed by atoms with Gasteiger partial charge in [-0.1, -0.05) is 23.7 Å². The highest BCUT2D eigenvalue weighted by Gasteiger charge is 2.29. The summed E-state index contributed by atoms with van der Waals surface area (Å²) in [5.41, 5.74) is 1.74. The molecule has 0 radical (unpaired) electrons. The van der Waals surface area contributed by atoms with Crippen LogP contribution in [-0.2, 0) is 9.47 Å². The van der Waals surface area contributed by atoms with Crippen LogP contribution in [0.25, 0.3) is 16.6 Å². The van der Waals surface area contributed by atoms with Gasteiger partial charge in [-0.3, -0.25) is 9.38 Å². The number of hydrogen-bond acceptors (Lipinski definition) is 5. The second-order valence-corrected chi connectivity index (χ2v) is 4.85. The first-order valence-electron chi connectivity index (χ1n) is 6.34. The maximum atomic E-state index is 12.1. The van der Waals surface area contributed by atoms with Gasteiger partial charge < -0.3 is 9.47 Å². The van der Waals surface area contributed by atoms with Crippen LogP contribution in [0.2, 0.25) is 5.15 Å². The third-order valence-electron chi connectivity index (χ3n) is 3.38. The van der Waals surface area contributed by atoms with Crippen molar-refractivity contribution in [1.29, 1.82) is 0 Å². The number of fused-ring (bicyclic) bond motifs is 3. The average molecular weight is 319 g/mol. The number of carbonyl (C=O) groups excluding carboxylic acids is 2. The molecule has 0 saturated carbocycles. The van der Waals surface area contributed by atoms with E-state index in [2.05, 4.69) is 4.98 Å². The lowest BCUT2D eigenvalue weighted by Crippen LogP contribution is -2.09. The maximum absolute atomic E-state index is 12.1. The Morgan fingerprint density at radius 1 is 1.05 bits per heavy atom. The molecule has 0 aliphatic heterocycles. The lowest BCUT2D eigenvalue weighted by molar-refractivity contribution is 0.0558. The van der Waals surface area contributed by atoms with E-state index in [1.165, 1.54) is 20.4 Å². The molecule has 0 amide bonds. The number of para-hydroxylation sites is 2. The Kier molecular flexibility index (Phi) is 3.46. The van der Waals surface area contributed by atoms with Crippen LogP contribution in [0, 0.1) is 0 Å². The van der Waals surface area contributed by atoms with Crippen molar-refractivity contribution >= 4 is 40.1 Å². The van der Waals surface area contributed by atoms with Crippen LogP contribution in [0.3, 0.4) is 0 Å². The minimum atomic E-state index is -0.710. The monoisotopic (exact) mass is 318 g/mol. The largest absolute Gasteiger partial charge is 0.465 e. The zero-order valence-corrected chi connectivity index (χ0v) is 12.5. The Balaban J connectivity index is 2.52. The van der Waals surface area contributed by atoms with E-state index in [0.29, 0.717) is 16.6 Å². The van der Waals surface area contributed by atoms with Crippen LogP contribution in [0.4, 0.5) is 0 Å². The van der Waals surface area contributed by atoms with Gasteiger partial charge in [0.25, 0.3) is 0 Å². The van der Waals surface area contributed by atoms with Crippen molar-refractivity contribution in [3.63, 3.8) is 0 Å². The molecule has 22 heavy (non-hydrogen) atoms. The van der Waals surface area contributed by atoms with Crippen molar-refractivity contribution in [2.75, 3.05) is 14.2 Å². The number of methoxy groups -OCH3 is 2. The minimum Gasteiger partial charge on any atom is -0.465 e. The van der Waals surface area contributed by atoms with Crippen molar-refractivity contribution in [2.45, 2.75) is 0 Å². The van der Waals surface area contributed by atoms with Crippen molar-refractivity contribution in [3.05, 3.63) is 46.7 Å². The Hall–Kier alpha value is -2.60. The highest BCUT2D eigenvalue weighted by atomic mass is 35.5. The number of benzene rings is 1. The smallest absolute Gasteiger partial charge is 0.341 e. The molecule has 0 fully saturated rings. The number of hydrogen-bond donors (Lipinski definition) is 0. The molecule has 3 rings (SSSR count). The summed E-state index contributed by atoms with van der Waals surface area (Å²) in [5.74, 6) is -1.39. The predicted octanol–water partition coefficient (Wildman–Crippen LogP) is 2.71. The highest BCUT2D eigenvalue weighted by molar-refractivity contribution is 6.35. The minimum absolute atomic E-state index is 0.0332. The summed E-state index contributed by atoms with van der Waals surface area (Å²) in [6.45, 7) is 0. The fourth-order valence-electron chi connectivity index (χ4n) is 2.41. The second-order valence-electron chi connectivity index (χ2n) is 4.49. The van der Waals surface area contributed by atoms with Crippen molar-refractivity contribution in [3.8, 4) is 0 Å². The second kappa shape index (κ2) is 5.31. The Morgan fingerprint density at radius 3 is 2.36 bits per heavy atom. The van der Waals surface area contributed by atoms with E-state index < -0.39 is 11.9 Å². The number of nitrogens with zero attached hydrogens (tertiary/aromatic N) is 2. The van der Waals surface area contributed by atoms with Gasteiger partial charge in [0.1, 0.15) is 16.3 Å². The fourth-order valence-corrected chi connectivity index (χ4v) is 2.76. The summed E-state index contributed by atoms with van der Waals surface area (Å²) in [4.78, 5) is 28.4. The van der Waals surface area contributed by atoms with Gasteiger partial charge in [0.2, 0.25) is 0 Å². The molecule has 0 bridgehead atoms. The molecule has 2 aromatic heterocycles. The van der Waals surface area contributed by atoms with Crippen molar-refractivity contribution in [1.82, 2.24) is 9.38 Å². The van der Waals surface area contributed by atoms with E-state index in [9.17, 15) is 9.59 Å². The molecule has 112 valence electrons. The number of ether oxygens (including phenoxy) is 2. The molecule has 0 atom stereocenters. The summed E-state index contributed by atoms with van der Waals surface area (Å²) in [7, 11) is 2.45. The molecular weight excluding hydrogens is 308 g/mol. The van der Waals surface area contributed by atoms with E-state index in [1.54, 1.807) is 16.5 Å². The summed E-state index contributed by atoms with van der Waals surface area (Å²) >= 11 is 6.34. The predicted molar refractivity (Wildman–Crippen MR) is 80.4 cm³/mol. The maximum Gasteiger partial charge on any atom is 0.341 e. The summed E-state index contributed by atoms with van der Waals surface area (Å²) in [5, 5.41) is 0.0841. The number of esters is 2. The molecule has 7 heteroatoms. The molecule has 0 aliphatic carbocycles. The first-order valence-corrected chi connectivity index (χ1v) is 6.72. The average Bonchev–Trinajstić information content (AvgIpc) is 2.86. The standard InChI is InChI=1S/C15H11ClN2O4/c1-21-14(19)11-10-7-17-8-5-3-4-6-9(8)18(10)13(16)12(11)15(20)22-2/h3-7H,1-2H3. The highest BCUT2D eigenvalue weighted by Crippen LogP contribution is 2.31. The van der Waals surface area contributed by atoms with Crippen LogP contribution in [-0.4, -0.2) is 35.5 Å². The Morgan fingerprint density at radius 2 is 1.68 bits per heavy atom. The van der Waals surface area contributed by atoms with Gasteiger partial charge >= 0.3 is 11.9 Å². The lowest BCUT2D eigenvalue weighted by atomic mass is 10.1. The molecule has 2 heterocycles. The van der Waals surface area contributed by atoms with Crippen LogP contribution in [0.1, 0.15) is 20.7 Å². The van der Waals surface area contributed by atoms with Crippen LogP contribution in [0.15, 0.2) is 30.5 Å². The van der Waals surface area contributed by atoms with E-state index in [-0.39, 0.29) is 16.3 Å². The van der Waals surface area contributed by atoms with E-state index >= 15 is 0 Å². The molecule has 0 spiro atoms. The van der Waals surface area contributed by atoms with E-state index in [1.807, 2.05) is 12.1 Å². The summed E-state index contributed by atoms with van der Waals surface area (Å²) in [6.07, 6.45) is 1.48. The van der Waals surface area contributed by atoms with E-state index in [0.717, 1.165) is 0 Å². The van der Waals surface area contributed by atoms with Gasteiger partial charge in [-0.25, -0.2) is 9.59 Å². The van der Waals surface area contributed by atoms with Gasteiger partial charge in [0.15, 0.2) is 0 Å². The van der Waals surface area contributed by atoms with Crippen LogP contribution in [0.5, 0.6) is 0 Å². The molecule has 1 aromatic carbocycles. The van der Waals surface area contributed by atoms with Crippen LogP contribution >= 0.6 is 11.6 Å². The Labute approximate surface area is 130 Å². The molecule has 3 aromatic rings. The molecule has 0 N–H and O–H groups in total. The van der Waals surface area contributed by atoms with E-state index in [4.69, 9.17) is 21.1 Å². The van der Waals surface area contributed by atoms with Gasteiger partial charge in [-0.15, -0.1) is 0 Å². The first-order chi connectivity index (χ1) is 10.6. The topological polar surface area (TPSA) is 69.9 Å². The van der Waals surface area contributed by atoms with Crippen molar-refractivity contribution in [2.24, 2.45) is 0 Å². The van der Waals surface area contributed by atoms with Gasteiger partial charge in [-0.2, -0.15) is 0 Å². The van der Waals surface area contributed by atoms with Gasteiger partial charge in [-0.05, 0) is 12.1 Å². The molecule has 0 saturated heterocycles. The molecule has 6 nitrogen and oxygen atoms in total. The van der Waals surface area contributed by atoms with Gasteiger partial charge in [0, 0.05) is 0 Å². The first kappa shape index (κ1) is 14.3. The number of aromatic nitrogens is 2. The summed E-state index contributed by atoms with van der Waals surface area (Å²) < 4.78 is 11.1. The molecule has 0 unspecified atom stereocenters. The quantitative estimate of drug-likeness (QED) is 0.679. The number of rotatable bonds is 2. The number of carbonyl (C=O) groups is 2. The lowest BCUT2D eigenvalue weighted by Gasteiger charge is -2.03. The number of halogens is 1. The Bertz CT molecular complexity index is 917. The zero-order valence-electron chi connectivity index (χ0n) is 11.8.